The molecule has 5 heteroatoms. The van der Waals surface area contributed by atoms with Crippen LogP contribution < -0.4 is 5.32 Å². The highest BCUT2D eigenvalue weighted by molar-refractivity contribution is 5.97. The van der Waals surface area contributed by atoms with Crippen molar-refractivity contribution < 1.29 is 19.8 Å². The van der Waals surface area contributed by atoms with Gasteiger partial charge in [-0.25, -0.2) is 0 Å². The minimum atomic E-state index is -1.11. The summed E-state index contributed by atoms with van der Waals surface area (Å²) in [6, 6.07) is 12.1. The summed E-state index contributed by atoms with van der Waals surface area (Å²) in [7, 11) is 0. The second-order valence-corrected chi connectivity index (χ2v) is 10.5. The number of benzene rings is 2. The van der Waals surface area contributed by atoms with Gasteiger partial charge in [0.25, 0.3) is 5.91 Å². The molecule has 0 radical (unpaired) electrons. The van der Waals surface area contributed by atoms with Crippen LogP contribution >= 0.6 is 0 Å². The maximum absolute atomic E-state index is 12.4. The molecule has 3 N–H and O–H groups in total. The van der Waals surface area contributed by atoms with Crippen LogP contribution in [-0.4, -0.2) is 34.2 Å². The lowest BCUT2D eigenvalue weighted by Crippen LogP contribution is -2.38. The molecule has 1 unspecified atom stereocenters. The fraction of sp³-hybridized carbons (Fsp3) is 0.467. The molecule has 35 heavy (non-hydrogen) atoms. The van der Waals surface area contributed by atoms with Crippen LogP contribution in [0.2, 0.25) is 0 Å². The number of hydrogen-bond donors (Lipinski definition) is 3. The summed E-state index contributed by atoms with van der Waals surface area (Å²) in [5.41, 5.74) is 3.80. The number of carboxylic acids is 1. The average molecular weight is 478 g/mol. The van der Waals surface area contributed by atoms with Crippen LogP contribution in [0.5, 0.6) is 0 Å². The van der Waals surface area contributed by atoms with E-state index in [4.69, 9.17) is 5.11 Å². The monoisotopic (exact) mass is 477 g/mol. The van der Waals surface area contributed by atoms with Gasteiger partial charge in [0.1, 0.15) is 12.1 Å². The summed E-state index contributed by atoms with van der Waals surface area (Å²) < 4.78 is 0. The fourth-order valence-corrected chi connectivity index (χ4v) is 4.18. The molecule has 5 nitrogen and oxygen atoms in total. The number of carbonyl (C=O) groups is 2. The second-order valence-electron chi connectivity index (χ2n) is 10.5. The predicted molar refractivity (Wildman–Crippen MR) is 141 cm³/mol. The largest absolute Gasteiger partial charge is 0.480 e. The van der Waals surface area contributed by atoms with Crippen LogP contribution in [0.1, 0.15) is 92.6 Å². The Morgan fingerprint density at radius 1 is 0.914 bits per heavy atom. The minimum Gasteiger partial charge on any atom is -0.480 e. The van der Waals surface area contributed by atoms with Gasteiger partial charge in [0.05, 0.1) is 0 Å². The van der Waals surface area contributed by atoms with Gasteiger partial charge in [-0.2, -0.15) is 0 Å². The van der Waals surface area contributed by atoms with Crippen molar-refractivity contribution in [1.29, 1.82) is 0 Å². The van der Waals surface area contributed by atoms with E-state index < -0.39 is 18.1 Å². The number of rotatable bonds is 7. The van der Waals surface area contributed by atoms with Crippen molar-refractivity contribution >= 4 is 11.9 Å². The first-order valence-electron chi connectivity index (χ1n) is 12.2. The van der Waals surface area contributed by atoms with Crippen LogP contribution in [0.25, 0.3) is 0 Å². The van der Waals surface area contributed by atoms with Gasteiger partial charge in [-0.1, -0.05) is 70.7 Å². The lowest BCUT2D eigenvalue weighted by Gasteiger charge is -2.34. The molecule has 2 rings (SSSR count). The maximum Gasteiger partial charge on any atom is 0.322 e. The van der Waals surface area contributed by atoms with Crippen molar-refractivity contribution in [3.8, 4) is 11.8 Å². The highest BCUT2D eigenvalue weighted by Crippen LogP contribution is 2.40. The number of carbonyl (C=O) groups excluding carboxylic acids is 1. The van der Waals surface area contributed by atoms with Crippen LogP contribution in [0.15, 0.2) is 36.4 Å². The van der Waals surface area contributed by atoms with Crippen LogP contribution in [0.3, 0.4) is 0 Å². The zero-order valence-corrected chi connectivity index (χ0v) is 22.3. The van der Waals surface area contributed by atoms with E-state index in [0.717, 1.165) is 35.1 Å². The summed E-state index contributed by atoms with van der Waals surface area (Å²) in [4.78, 5) is 23.2. The predicted octanol–water partition coefficient (Wildman–Crippen LogP) is 5.37. The number of aliphatic carboxylic acids is 1. The lowest BCUT2D eigenvalue weighted by molar-refractivity contribution is -0.135. The van der Waals surface area contributed by atoms with E-state index in [1.807, 2.05) is 52.8 Å². The Morgan fingerprint density at radius 3 is 1.91 bits per heavy atom. The molecule has 0 saturated carbocycles. The van der Waals surface area contributed by atoms with E-state index in [2.05, 4.69) is 43.1 Å². The Hall–Kier alpha value is -3.10. The molecular weight excluding hydrogens is 438 g/mol. The van der Waals surface area contributed by atoms with Crippen molar-refractivity contribution in [2.75, 3.05) is 6.54 Å². The van der Waals surface area contributed by atoms with E-state index in [1.165, 1.54) is 5.56 Å². The Morgan fingerprint density at radius 2 is 1.46 bits per heavy atom. The molecular formula is C30H39NO4. The molecule has 0 heterocycles. The van der Waals surface area contributed by atoms with Crippen LogP contribution in [0, 0.1) is 31.1 Å². The average Bonchev–Trinajstić information content (AvgIpc) is 2.77. The number of hydrogen-bond acceptors (Lipinski definition) is 3. The van der Waals surface area contributed by atoms with Gasteiger partial charge >= 0.3 is 5.97 Å². The van der Waals surface area contributed by atoms with E-state index in [1.54, 1.807) is 13.0 Å². The van der Waals surface area contributed by atoms with Crippen molar-refractivity contribution in [2.45, 2.75) is 79.2 Å². The number of aliphatic hydroxyl groups is 1. The second kappa shape index (κ2) is 10.7. The summed E-state index contributed by atoms with van der Waals surface area (Å²) in [6.45, 7) is 15.5. The standard InChI is InChI=1S/C30H39NO4/c1-9-30(10-2,24-13-14-25(21(4)18-24)27(34)31-19-26(32)33)23-12-11-22(20(3)17-23)15-16-29(8,35)28(5,6)7/h11-14,17-18,35H,9-10,19H2,1-8H3,(H,31,34)(H,32,33). The van der Waals surface area contributed by atoms with Gasteiger partial charge in [0, 0.05) is 22.0 Å². The van der Waals surface area contributed by atoms with Crippen LogP contribution in [-0.2, 0) is 10.2 Å². The first-order chi connectivity index (χ1) is 16.2. The Balaban J connectivity index is 2.47. The normalized spacial score (nSPS) is 13.4. The molecule has 0 aliphatic carbocycles. The van der Waals surface area contributed by atoms with E-state index in [-0.39, 0.29) is 16.7 Å². The minimum absolute atomic E-state index is 0.242. The summed E-state index contributed by atoms with van der Waals surface area (Å²) in [5, 5.41) is 22.0. The van der Waals surface area contributed by atoms with E-state index in [0.29, 0.717) is 5.56 Å². The fourth-order valence-electron chi connectivity index (χ4n) is 4.18. The smallest absolute Gasteiger partial charge is 0.322 e. The molecule has 2 aromatic carbocycles. The van der Waals surface area contributed by atoms with Gasteiger partial charge in [-0.3, -0.25) is 9.59 Å². The number of aryl methyl sites for hydroxylation is 2. The third-order valence-electron chi connectivity index (χ3n) is 7.31. The van der Waals surface area contributed by atoms with E-state index in [9.17, 15) is 14.7 Å². The van der Waals surface area contributed by atoms with Gasteiger partial charge < -0.3 is 15.5 Å². The Kier molecular flexibility index (Phi) is 8.57. The zero-order valence-electron chi connectivity index (χ0n) is 22.3. The van der Waals surface area contributed by atoms with Crippen molar-refractivity contribution in [3.63, 3.8) is 0 Å². The maximum atomic E-state index is 12.4. The lowest BCUT2D eigenvalue weighted by atomic mass is 9.69. The molecule has 0 aromatic heterocycles. The Bertz CT molecular complexity index is 1160. The number of nitrogens with one attached hydrogen (secondary N) is 1. The zero-order chi connectivity index (χ0) is 26.6. The number of carboxylic acid groups (broad SMARTS) is 1. The van der Waals surface area contributed by atoms with Crippen LogP contribution in [0.4, 0.5) is 0 Å². The molecule has 2 aromatic rings. The quantitative estimate of drug-likeness (QED) is 0.468. The van der Waals surface area contributed by atoms with Crippen molar-refractivity contribution in [3.05, 3.63) is 69.8 Å². The summed E-state index contributed by atoms with van der Waals surface area (Å²) in [6.07, 6.45) is 1.74. The highest BCUT2D eigenvalue weighted by atomic mass is 16.4. The number of amides is 1. The van der Waals surface area contributed by atoms with Gasteiger partial charge in [-0.15, -0.1) is 0 Å². The molecule has 188 valence electrons. The SMILES string of the molecule is CCC(CC)(c1ccc(C#CC(C)(O)C(C)(C)C)c(C)c1)c1ccc(C(=O)NCC(=O)O)c(C)c1. The molecule has 0 saturated heterocycles. The summed E-state index contributed by atoms with van der Waals surface area (Å²) in [5.74, 6) is 4.76. The Labute approximate surface area is 210 Å². The van der Waals surface area contributed by atoms with Crippen molar-refractivity contribution in [2.24, 2.45) is 5.41 Å². The molecule has 0 aliphatic heterocycles. The highest BCUT2D eigenvalue weighted by Gasteiger charge is 2.34. The van der Waals surface area contributed by atoms with Gasteiger partial charge in [0.2, 0.25) is 0 Å². The topological polar surface area (TPSA) is 86.6 Å². The van der Waals surface area contributed by atoms with Gasteiger partial charge in [0.15, 0.2) is 0 Å². The first-order valence-corrected chi connectivity index (χ1v) is 12.2. The van der Waals surface area contributed by atoms with Gasteiger partial charge in [-0.05, 0) is 68.0 Å². The first kappa shape index (κ1) is 28.1. The molecule has 0 spiro atoms. The molecule has 0 fully saturated rings. The molecule has 0 aliphatic rings. The van der Waals surface area contributed by atoms with E-state index >= 15 is 0 Å². The summed E-state index contributed by atoms with van der Waals surface area (Å²) >= 11 is 0. The third-order valence-corrected chi connectivity index (χ3v) is 7.31. The molecule has 1 atom stereocenters. The molecule has 1 amide bonds. The van der Waals surface area contributed by atoms with Crippen molar-refractivity contribution in [1.82, 2.24) is 5.32 Å². The molecule has 0 bridgehead atoms. The third kappa shape index (κ3) is 6.13.